The van der Waals surface area contributed by atoms with Crippen LogP contribution in [0.5, 0.6) is 0 Å². The summed E-state index contributed by atoms with van der Waals surface area (Å²) in [6.07, 6.45) is 1.62. The molecule has 9 nitrogen and oxygen atoms in total. The molecular formula is C10H16N4O5S2. The number of amides is 1. The molecule has 11 heteroatoms. The van der Waals surface area contributed by atoms with Crippen molar-refractivity contribution in [2.75, 3.05) is 16.8 Å². The lowest BCUT2D eigenvalue weighted by Crippen LogP contribution is -2.20. The van der Waals surface area contributed by atoms with Crippen molar-refractivity contribution in [2.45, 2.75) is 17.7 Å². The number of hydrogen-bond acceptors (Lipinski definition) is 6. The summed E-state index contributed by atoms with van der Waals surface area (Å²) in [7, 11) is -5.56. The lowest BCUT2D eigenvalue weighted by molar-refractivity contribution is -0.116. The fourth-order valence-electron chi connectivity index (χ4n) is 2.24. The van der Waals surface area contributed by atoms with Gasteiger partial charge in [0.15, 0.2) is 15.7 Å². The van der Waals surface area contributed by atoms with E-state index in [1.165, 1.54) is 17.9 Å². The Bertz CT molecular complexity index is 765. The SMILES string of the molecule is Cn1cc(S(N)(=O)=O)c(NC(=O)CC2CCS(=O)(=O)C2)n1. The van der Waals surface area contributed by atoms with Crippen LogP contribution in [-0.2, 0) is 31.7 Å². The normalized spacial score (nSPS) is 21.3. The number of carbonyl (C=O) groups excluding carboxylic acids is 1. The highest BCUT2D eigenvalue weighted by molar-refractivity contribution is 7.91. The van der Waals surface area contributed by atoms with Crippen molar-refractivity contribution < 1.29 is 21.6 Å². The average molecular weight is 336 g/mol. The third-order valence-electron chi connectivity index (χ3n) is 3.16. The van der Waals surface area contributed by atoms with Crippen LogP contribution in [0.3, 0.4) is 0 Å². The van der Waals surface area contributed by atoms with E-state index in [2.05, 4.69) is 10.4 Å². The zero-order valence-electron chi connectivity index (χ0n) is 11.3. The van der Waals surface area contributed by atoms with Gasteiger partial charge < -0.3 is 5.32 Å². The van der Waals surface area contributed by atoms with Crippen LogP contribution < -0.4 is 10.5 Å². The highest BCUT2D eigenvalue weighted by atomic mass is 32.2. The van der Waals surface area contributed by atoms with E-state index in [0.29, 0.717) is 6.42 Å². The number of aryl methyl sites for hydroxylation is 1. The molecule has 1 aromatic rings. The largest absolute Gasteiger partial charge is 0.308 e. The molecule has 2 rings (SSSR count). The molecule has 0 spiro atoms. The second kappa shape index (κ2) is 5.39. The highest BCUT2D eigenvalue weighted by Crippen LogP contribution is 2.23. The molecule has 1 saturated heterocycles. The Balaban J connectivity index is 2.07. The van der Waals surface area contributed by atoms with Crippen molar-refractivity contribution >= 4 is 31.6 Å². The Morgan fingerprint density at radius 1 is 1.57 bits per heavy atom. The minimum Gasteiger partial charge on any atom is -0.308 e. The van der Waals surface area contributed by atoms with Gasteiger partial charge in [0, 0.05) is 19.7 Å². The molecule has 118 valence electrons. The molecule has 0 bridgehead atoms. The van der Waals surface area contributed by atoms with Crippen molar-refractivity contribution in [2.24, 2.45) is 18.1 Å². The first kappa shape index (κ1) is 15.9. The van der Waals surface area contributed by atoms with E-state index in [-0.39, 0.29) is 34.6 Å². The van der Waals surface area contributed by atoms with Crippen molar-refractivity contribution in [1.29, 1.82) is 0 Å². The molecule has 1 atom stereocenters. The van der Waals surface area contributed by atoms with Gasteiger partial charge in [-0.3, -0.25) is 9.48 Å². The van der Waals surface area contributed by atoms with Gasteiger partial charge in [0.1, 0.15) is 4.90 Å². The summed E-state index contributed by atoms with van der Waals surface area (Å²) in [5.74, 6) is -0.829. The van der Waals surface area contributed by atoms with Crippen LogP contribution in [0.25, 0.3) is 0 Å². The lowest BCUT2D eigenvalue weighted by Gasteiger charge is -2.07. The Kier molecular flexibility index (Phi) is 4.08. The summed E-state index contributed by atoms with van der Waals surface area (Å²) >= 11 is 0. The van der Waals surface area contributed by atoms with E-state index < -0.39 is 25.8 Å². The molecule has 21 heavy (non-hydrogen) atoms. The maximum Gasteiger partial charge on any atom is 0.243 e. The van der Waals surface area contributed by atoms with Crippen molar-refractivity contribution in [3.63, 3.8) is 0 Å². The number of nitrogens with zero attached hydrogens (tertiary/aromatic N) is 2. The number of sulfone groups is 1. The second-order valence-corrected chi connectivity index (χ2v) is 8.84. The van der Waals surface area contributed by atoms with Gasteiger partial charge in [-0.25, -0.2) is 22.0 Å². The number of primary sulfonamides is 1. The van der Waals surface area contributed by atoms with Crippen LogP contribution >= 0.6 is 0 Å². The number of nitrogens with two attached hydrogens (primary N) is 1. The van der Waals surface area contributed by atoms with Crippen LogP contribution in [0.15, 0.2) is 11.1 Å². The molecule has 0 radical (unpaired) electrons. The average Bonchev–Trinajstić information content (AvgIpc) is 2.81. The van der Waals surface area contributed by atoms with E-state index in [4.69, 9.17) is 5.14 Å². The number of hydrogen-bond donors (Lipinski definition) is 2. The monoisotopic (exact) mass is 336 g/mol. The molecule has 0 saturated carbocycles. The van der Waals surface area contributed by atoms with Crippen molar-refractivity contribution in [3.8, 4) is 0 Å². The summed E-state index contributed by atoms with van der Waals surface area (Å²) in [6, 6.07) is 0. The third-order valence-corrected chi connectivity index (χ3v) is 5.91. The number of anilines is 1. The number of nitrogens with one attached hydrogen (secondary N) is 1. The lowest BCUT2D eigenvalue weighted by atomic mass is 10.1. The fourth-order valence-corrected chi connectivity index (χ4v) is 4.76. The van der Waals surface area contributed by atoms with Gasteiger partial charge >= 0.3 is 0 Å². The standard InChI is InChI=1S/C10H16N4O5S2/c1-14-5-8(21(11,18)19)10(13-14)12-9(15)4-7-2-3-20(16,17)6-7/h5,7H,2-4,6H2,1H3,(H2,11,18,19)(H,12,13,15). The van der Waals surface area contributed by atoms with Gasteiger partial charge in [-0.2, -0.15) is 5.10 Å². The van der Waals surface area contributed by atoms with E-state index in [0.717, 1.165) is 0 Å². The Morgan fingerprint density at radius 3 is 2.76 bits per heavy atom. The quantitative estimate of drug-likeness (QED) is 0.709. The molecule has 0 aromatic carbocycles. The number of aromatic nitrogens is 2. The van der Waals surface area contributed by atoms with Crippen LogP contribution in [-0.4, -0.2) is 44.0 Å². The van der Waals surface area contributed by atoms with Crippen LogP contribution in [0.1, 0.15) is 12.8 Å². The predicted octanol–water partition coefficient (Wildman–Crippen LogP) is -1.17. The zero-order chi connectivity index (χ0) is 15.8. The number of rotatable bonds is 4. The van der Waals surface area contributed by atoms with Crippen LogP contribution in [0.4, 0.5) is 5.82 Å². The van der Waals surface area contributed by atoms with Crippen molar-refractivity contribution in [3.05, 3.63) is 6.20 Å². The molecule has 1 unspecified atom stereocenters. The second-order valence-electron chi connectivity index (χ2n) is 5.08. The minimum atomic E-state index is -4.00. The predicted molar refractivity (Wildman–Crippen MR) is 74.6 cm³/mol. The summed E-state index contributed by atoms with van der Waals surface area (Å²) in [6.45, 7) is 0. The Hall–Kier alpha value is -1.46. The van der Waals surface area contributed by atoms with Gasteiger partial charge in [-0.05, 0) is 12.3 Å². The van der Waals surface area contributed by atoms with Gasteiger partial charge in [0.05, 0.1) is 11.5 Å². The summed E-state index contributed by atoms with van der Waals surface area (Å²) in [4.78, 5) is 11.6. The van der Waals surface area contributed by atoms with Gasteiger partial charge in [-0.15, -0.1) is 0 Å². The van der Waals surface area contributed by atoms with Crippen LogP contribution in [0, 0.1) is 5.92 Å². The number of carbonyl (C=O) groups is 1. The molecule has 3 N–H and O–H groups in total. The van der Waals surface area contributed by atoms with Gasteiger partial charge in [-0.1, -0.05) is 0 Å². The van der Waals surface area contributed by atoms with Crippen LogP contribution in [0.2, 0.25) is 0 Å². The first-order chi connectivity index (χ1) is 9.57. The van der Waals surface area contributed by atoms with Gasteiger partial charge in [0.25, 0.3) is 0 Å². The smallest absolute Gasteiger partial charge is 0.243 e. The minimum absolute atomic E-state index is 0.000136. The first-order valence-electron chi connectivity index (χ1n) is 6.13. The molecular weight excluding hydrogens is 320 g/mol. The third kappa shape index (κ3) is 4.02. The topological polar surface area (TPSA) is 141 Å². The van der Waals surface area contributed by atoms with E-state index in [1.54, 1.807) is 0 Å². The van der Waals surface area contributed by atoms with E-state index in [9.17, 15) is 21.6 Å². The first-order valence-corrected chi connectivity index (χ1v) is 9.50. The molecule has 1 aliphatic rings. The summed E-state index contributed by atoms with van der Waals surface area (Å²) in [5, 5.41) is 11.2. The Labute approximate surface area is 122 Å². The Morgan fingerprint density at radius 2 is 2.24 bits per heavy atom. The number of sulfonamides is 1. The molecule has 1 aromatic heterocycles. The maximum atomic E-state index is 11.9. The summed E-state index contributed by atoms with van der Waals surface area (Å²) < 4.78 is 46.6. The summed E-state index contributed by atoms with van der Waals surface area (Å²) in [5.41, 5.74) is 0. The van der Waals surface area contributed by atoms with E-state index in [1.807, 2.05) is 0 Å². The molecule has 1 aliphatic heterocycles. The maximum absolute atomic E-state index is 11.9. The van der Waals surface area contributed by atoms with Crippen molar-refractivity contribution in [1.82, 2.24) is 9.78 Å². The molecule has 1 fully saturated rings. The molecule has 2 heterocycles. The molecule has 0 aliphatic carbocycles. The fraction of sp³-hybridized carbons (Fsp3) is 0.600. The zero-order valence-corrected chi connectivity index (χ0v) is 12.9. The van der Waals surface area contributed by atoms with Gasteiger partial charge in [0.2, 0.25) is 15.9 Å². The molecule has 1 amide bonds. The highest BCUT2D eigenvalue weighted by Gasteiger charge is 2.30. The van der Waals surface area contributed by atoms with E-state index >= 15 is 0 Å².